The molecule has 11 nitrogen and oxygen atoms in total. The van der Waals surface area contributed by atoms with Gasteiger partial charge < -0.3 is 0 Å². The topological polar surface area (TPSA) is 147 Å². The maximum Gasteiger partial charge on any atom is 0.237 e. The lowest BCUT2D eigenvalue weighted by molar-refractivity contribution is 1.09. The first kappa shape index (κ1) is 17.0. The number of nitrogens with zero attached hydrogens (tertiary/aromatic N) is 7. The normalized spacial score (nSPS) is 12.6. The minimum absolute atomic E-state index is 0.0270. The van der Waals surface area contributed by atoms with Crippen molar-refractivity contribution in [2.45, 2.75) is 6.92 Å². The van der Waals surface area contributed by atoms with Crippen molar-refractivity contribution < 1.29 is 0 Å². The molecule has 0 radical (unpaired) electrons. The third-order valence-corrected chi connectivity index (χ3v) is 4.75. The van der Waals surface area contributed by atoms with Gasteiger partial charge in [-0.3, -0.25) is 20.4 Å². The van der Waals surface area contributed by atoms with E-state index in [0.29, 0.717) is 27.0 Å². The van der Waals surface area contributed by atoms with E-state index in [9.17, 15) is 9.59 Å². The summed E-state index contributed by atoms with van der Waals surface area (Å²) in [5, 5.41) is 8.58. The molecule has 134 valence electrons. The van der Waals surface area contributed by atoms with Gasteiger partial charge in [-0.25, -0.2) is 15.0 Å². The molecule has 2 N–H and O–H groups in total. The molecule has 3 aromatic heterocycles. The van der Waals surface area contributed by atoms with Gasteiger partial charge in [0.1, 0.15) is 28.5 Å². The Labute approximate surface area is 157 Å². The lowest BCUT2D eigenvalue weighted by atomic mass is 10.3. The molecule has 0 aliphatic rings. The first-order valence-corrected chi connectivity index (χ1v) is 8.96. The summed E-state index contributed by atoms with van der Waals surface area (Å²) in [4.78, 5) is 36.5. The Morgan fingerprint density at radius 3 is 2.78 bits per heavy atom. The van der Waals surface area contributed by atoms with Crippen molar-refractivity contribution >= 4 is 44.2 Å². The van der Waals surface area contributed by atoms with Gasteiger partial charge in [0.05, 0.1) is 6.20 Å². The van der Waals surface area contributed by atoms with Gasteiger partial charge in [0, 0.05) is 11.5 Å². The van der Waals surface area contributed by atoms with E-state index < -0.39 is 10.9 Å². The quantitative estimate of drug-likeness (QED) is 0.441. The van der Waals surface area contributed by atoms with Crippen LogP contribution in [0.2, 0.25) is 0 Å². The SMILES string of the molecule is Cc1nsc(N/N=c2\c(=O)cc/c(=N\Nc3snc4cncnc34)c2=O)n1. The second-order valence-electron chi connectivity index (χ2n) is 5.12. The minimum Gasteiger partial charge on any atom is -0.287 e. The number of aryl methyl sites for hydroxylation is 1. The number of anilines is 2. The molecule has 27 heavy (non-hydrogen) atoms. The Bertz CT molecular complexity index is 1350. The first-order chi connectivity index (χ1) is 13.1. The predicted octanol–water partition coefficient (Wildman–Crippen LogP) is -0.302. The minimum atomic E-state index is -0.618. The number of hydrogen-bond acceptors (Lipinski definition) is 13. The highest BCUT2D eigenvalue weighted by molar-refractivity contribution is 7.11. The zero-order valence-electron chi connectivity index (χ0n) is 13.6. The van der Waals surface area contributed by atoms with Crippen molar-refractivity contribution in [2.24, 2.45) is 10.2 Å². The molecular weight excluding hydrogens is 390 g/mol. The van der Waals surface area contributed by atoms with E-state index in [1.54, 1.807) is 13.1 Å². The second kappa shape index (κ2) is 7.05. The van der Waals surface area contributed by atoms with E-state index >= 15 is 0 Å². The van der Waals surface area contributed by atoms with Crippen molar-refractivity contribution in [2.75, 3.05) is 10.9 Å². The van der Waals surface area contributed by atoms with Crippen LogP contribution >= 0.6 is 23.1 Å². The van der Waals surface area contributed by atoms with Gasteiger partial charge in [-0.1, -0.05) is 0 Å². The molecule has 3 heterocycles. The van der Waals surface area contributed by atoms with Crippen LogP contribution in [0.3, 0.4) is 0 Å². The molecule has 0 unspecified atom stereocenters. The Morgan fingerprint density at radius 1 is 1.07 bits per heavy atom. The molecule has 13 heteroatoms. The first-order valence-electron chi connectivity index (χ1n) is 7.42. The lowest BCUT2D eigenvalue weighted by Crippen LogP contribution is -2.47. The maximum absolute atomic E-state index is 12.5. The zero-order valence-corrected chi connectivity index (χ0v) is 15.2. The summed E-state index contributed by atoms with van der Waals surface area (Å²) >= 11 is 2.21. The molecule has 0 saturated heterocycles. The number of aromatic nitrogens is 5. The molecule has 4 aromatic rings. The van der Waals surface area contributed by atoms with Gasteiger partial charge in [-0.15, -0.1) is 0 Å². The van der Waals surface area contributed by atoms with E-state index in [2.05, 4.69) is 44.8 Å². The number of rotatable bonds is 4. The molecule has 0 spiro atoms. The number of fused-ring (bicyclic) bond motifs is 1. The van der Waals surface area contributed by atoms with Crippen molar-refractivity contribution in [1.82, 2.24) is 23.7 Å². The fourth-order valence-electron chi connectivity index (χ4n) is 2.07. The molecular formula is C14H9N9O2S2. The van der Waals surface area contributed by atoms with Crippen LogP contribution in [-0.4, -0.2) is 23.7 Å². The highest BCUT2D eigenvalue weighted by Gasteiger charge is 2.07. The Morgan fingerprint density at radius 2 is 1.96 bits per heavy atom. The molecule has 0 bridgehead atoms. The summed E-state index contributed by atoms with van der Waals surface area (Å²) in [5.74, 6) is 0.566. The van der Waals surface area contributed by atoms with Crippen LogP contribution in [0, 0.1) is 6.92 Å². The van der Waals surface area contributed by atoms with Crippen LogP contribution in [0.4, 0.5) is 10.1 Å². The van der Waals surface area contributed by atoms with Crippen LogP contribution in [0.25, 0.3) is 11.0 Å². The monoisotopic (exact) mass is 399 g/mol. The summed E-state index contributed by atoms with van der Waals surface area (Å²) < 4.78 is 8.16. The molecule has 0 fully saturated rings. The Kier molecular flexibility index (Phi) is 4.43. The fourth-order valence-corrected chi connectivity index (χ4v) is 3.24. The lowest BCUT2D eigenvalue weighted by Gasteiger charge is -1.95. The van der Waals surface area contributed by atoms with Crippen molar-refractivity contribution in [3.05, 3.63) is 61.6 Å². The molecule has 1 aromatic carbocycles. The van der Waals surface area contributed by atoms with E-state index in [-0.39, 0.29) is 10.7 Å². The molecule has 0 aliphatic carbocycles. The summed E-state index contributed by atoms with van der Waals surface area (Å²) in [6.45, 7) is 1.72. The summed E-state index contributed by atoms with van der Waals surface area (Å²) in [6.07, 6.45) is 2.97. The smallest absolute Gasteiger partial charge is 0.237 e. The maximum atomic E-state index is 12.5. The Hall–Kier alpha value is -3.45. The molecule has 0 aliphatic heterocycles. The highest BCUT2D eigenvalue weighted by atomic mass is 32.1. The molecule has 0 atom stereocenters. The number of hydrogen-bond donors (Lipinski definition) is 2. The van der Waals surface area contributed by atoms with E-state index in [1.165, 1.54) is 18.5 Å². The van der Waals surface area contributed by atoms with Crippen LogP contribution in [0.5, 0.6) is 0 Å². The summed E-state index contributed by atoms with van der Waals surface area (Å²) in [5.41, 5.74) is 5.38. The van der Waals surface area contributed by atoms with Crippen LogP contribution < -0.4 is 32.4 Å². The number of benzene rings is 1. The van der Waals surface area contributed by atoms with E-state index in [1.807, 2.05) is 0 Å². The van der Waals surface area contributed by atoms with E-state index in [0.717, 1.165) is 23.1 Å². The predicted molar refractivity (Wildman–Crippen MR) is 99.6 cm³/mol. The third kappa shape index (κ3) is 3.45. The number of nitrogens with one attached hydrogen (secondary N) is 2. The van der Waals surface area contributed by atoms with Gasteiger partial charge in [-0.05, 0) is 30.6 Å². The Balaban J connectivity index is 1.70. The molecule has 0 saturated carbocycles. The fraction of sp³-hybridized carbons (Fsp3) is 0.0714. The van der Waals surface area contributed by atoms with Crippen LogP contribution in [0.1, 0.15) is 5.82 Å². The molecule has 4 rings (SSSR count). The zero-order chi connectivity index (χ0) is 18.8. The van der Waals surface area contributed by atoms with Gasteiger partial charge in [0.15, 0.2) is 10.4 Å². The molecule has 0 amide bonds. The largest absolute Gasteiger partial charge is 0.287 e. The van der Waals surface area contributed by atoms with Gasteiger partial charge in [0.2, 0.25) is 16.0 Å². The highest BCUT2D eigenvalue weighted by Crippen LogP contribution is 2.24. The van der Waals surface area contributed by atoms with Crippen molar-refractivity contribution in [1.29, 1.82) is 0 Å². The van der Waals surface area contributed by atoms with Crippen molar-refractivity contribution in [3.63, 3.8) is 0 Å². The third-order valence-electron chi connectivity index (χ3n) is 3.29. The summed E-state index contributed by atoms with van der Waals surface area (Å²) in [6, 6.07) is 2.55. The average Bonchev–Trinajstić information content (AvgIpc) is 3.27. The second-order valence-corrected chi connectivity index (χ2v) is 6.65. The van der Waals surface area contributed by atoms with Gasteiger partial charge >= 0.3 is 0 Å². The van der Waals surface area contributed by atoms with Crippen LogP contribution in [0.15, 0.2) is 44.4 Å². The average molecular weight is 399 g/mol. The van der Waals surface area contributed by atoms with E-state index in [4.69, 9.17) is 0 Å². The summed E-state index contributed by atoms with van der Waals surface area (Å²) in [7, 11) is 0. The standard InChI is InChI=1S/C14H9N9O2S2/c1-6-17-14(27-22-6)21-19-11-9(24)3-2-7(12(11)25)18-20-13-10-8(23-26-13)4-15-5-16-10/h2-5,20H,1H3,(H,17,21,22)/b18-7+,19-11+. The van der Waals surface area contributed by atoms with Gasteiger partial charge in [-0.2, -0.15) is 18.9 Å². The van der Waals surface area contributed by atoms with Crippen LogP contribution in [-0.2, 0) is 0 Å². The van der Waals surface area contributed by atoms with Crippen molar-refractivity contribution in [3.8, 4) is 0 Å². The van der Waals surface area contributed by atoms with Gasteiger partial charge in [0.25, 0.3) is 0 Å².